The van der Waals surface area contributed by atoms with Crippen LogP contribution in [-0.4, -0.2) is 25.3 Å². The standard InChI is InChI=1S/C14H20N2O2S/c1-10-3-2-4-13(15)14(10)19(17,18)16(12-7-8-12)9-11-5-6-11/h2-4,11-12H,5-9,15H2,1H3. The maximum atomic E-state index is 12.9. The van der Waals surface area contributed by atoms with E-state index in [-0.39, 0.29) is 6.04 Å². The van der Waals surface area contributed by atoms with Crippen molar-refractivity contribution in [3.05, 3.63) is 23.8 Å². The zero-order valence-corrected chi connectivity index (χ0v) is 12.0. The molecule has 2 aliphatic rings. The number of hydrogen-bond acceptors (Lipinski definition) is 3. The Morgan fingerprint density at radius 1 is 1.26 bits per heavy atom. The molecule has 0 radical (unpaired) electrons. The van der Waals surface area contributed by atoms with Crippen LogP contribution in [-0.2, 0) is 10.0 Å². The van der Waals surface area contributed by atoms with Crippen molar-refractivity contribution in [1.29, 1.82) is 0 Å². The molecule has 0 bridgehead atoms. The number of rotatable bonds is 5. The predicted molar refractivity (Wildman–Crippen MR) is 75.2 cm³/mol. The van der Waals surface area contributed by atoms with E-state index in [4.69, 9.17) is 5.73 Å². The molecule has 0 saturated heterocycles. The number of nitrogens with zero attached hydrogens (tertiary/aromatic N) is 1. The highest BCUT2D eigenvalue weighted by molar-refractivity contribution is 7.89. The van der Waals surface area contributed by atoms with Crippen molar-refractivity contribution in [2.45, 2.75) is 43.5 Å². The molecule has 0 atom stereocenters. The minimum absolute atomic E-state index is 0.199. The average molecular weight is 280 g/mol. The number of aryl methyl sites for hydroxylation is 1. The Hall–Kier alpha value is -1.07. The van der Waals surface area contributed by atoms with Crippen molar-refractivity contribution < 1.29 is 8.42 Å². The average Bonchev–Trinajstić information content (AvgIpc) is 3.19. The molecule has 0 amide bonds. The Balaban J connectivity index is 1.99. The Morgan fingerprint density at radius 3 is 2.47 bits per heavy atom. The Bertz CT molecular complexity index is 569. The van der Waals surface area contributed by atoms with Gasteiger partial charge in [-0.05, 0) is 50.2 Å². The van der Waals surface area contributed by atoms with E-state index < -0.39 is 10.0 Å². The molecule has 19 heavy (non-hydrogen) atoms. The fraction of sp³-hybridized carbons (Fsp3) is 0.571. The summed E-state index contributed by atoms with van der Waals surface area (Å²) in [4.78, 5) is 0.308. The molecule has 2 saturated carbocycles. The summed E-state index contributed by atoms with van der Waals surface area (Å²) in [5.74, 6) is 0.556. The summed E-state index contributed by atoms with van der Waals surface area (Å²) < 4.78 is 27.4. The molecule has 0 aromatic heterocycles. The van der Waals surface area contributed by atoms with Gasteiger partial charge in [-0.2, -0.15) is 4.31 Å². The summed E-state index contributed by atoms with van der Waals surface area (Å²) in [6.45, 7) is 2.48. The summed E-state index contributed by atoms with van der Waals surface area (Å²) in [5, 5.41) is 0. The lowest BCUT2D eigenvalue weighted by atomic mass is 10.2. The number of nitrogens with two attached hydrogens (primary N) is 1. The number of nitrogen functional groups attached to an aromatic ring is 1. The lowest BCUT2D eigenvalue weighted by Gasteiger charge is -2.23. The van der Waals surface area contributed by atoms with Crippen LogP contribution in [0.4, 0.5) is 5.69 Å². The van der Waals surface area contributed by atoms with Crippen LogP contribution in [0.1, 0.15) is 31.2 Å². The molecule has 104 valence electrons. The van der Waals surface area contributed by atoms with Crippen LogP contribution in [0.2, 0.25) is 0 Å². The van der Waals surface area contributed by atoms with E-state index >= 15 is 0 Å². The quantitative estimate of drug-likeness (QED) is 0.840. The van der Waals surface area contributed by atoms with Gasteiger partial charge in [0.2, 0.25) is 10.0 Å². The van der Waals surface area contributed by atoms with Crippen LogP contribution in [0, 0.1) is 12.8 Å². The van der Waals surface area contributed by atoms with Gasteiger partial charge in [-0.1, -0.05) is 12.1 Å². The highest BCUT2D eigenvalue weighted by Crippen LogP contribution is 2.39. The zero-order valence-electron chi connectivity index (χ0n) is 11.2. The molecule has 0 heterocycles. The summed E-state index contributed by atoms with van der Waals surface area (Å²) in [6, 6.07) is 5.48. The van der Waals surface area contributed by atoms with Crippen LogP contribution in [0.3, 0.4) is 0 Å². The molecule has 4 nitrogen and oxygen atoms in total. The SMILES string of the molecule is Cc1cccc(N)c1S(=O)(=O)N(CC1CC1)C1CC1. The van der Waals surface area contributed by atoms with Gasteiger partial charge in [0, 0.05) is 12.6 Å². The number of benzene rings is 1. The molecule has 0 unspecified atom stereocenters. The maximum Gasteiger partial charge on any atom is 0.245 e. The topological polar surface area (TPSA) is 63.4 Å². The van der Waals surface area contributed by atoms with Crippen LogP contribution >= 0.6 is 0 Å². The first-order valence-corrected chi connectivity index (χ1v) is 8.31. The molecule has 0 aliphatic heterocycles. The van der Waals surface area contributed by atoms with Crippen LogP contribution in [0.15, 0.2) is 23.1 Å². The molecule has 2 aliphatic carbocycles. The van der Waals surface area contributed by atoms with Gasteiger partial charge < -0.3 is 5.73 Å². The van der Waals surface area contributed by atoms with E-state index in [9.17, 15) is 8.42 Å². The Labute approximate surface area is 114 Å². The number of sulfonamides is 1. The molecule has 3 rings (SSSR count). The second-order valence-electron chi connectivity index (χ2n) is 5.74. The van der Waals surface area contributed by atoms with Crippen molar-refractivity contribution in [3.63, 3.8) is 0 Å². The van der Waals surface area contributed by atoms with E-state index in [1.807, 2.05) is 13.0 Å². The molecule has 1 aromatic carbocycles. The van der Waals surface area contributed by atoms with Crippen molar-refractivity contribution in [2.75, 3.05) is 12.3 Å². The smallest absolute Gasteiger partial charge is 0.245 e. The number of anilines is 1. The van der Waals surface area contributed by atoms with Crippen LogP contribution < -0.4 is 5.73 Å². The van der Waals surface area contributed by atoms with E-state index in [0.717, 1.165) is 31.2 Å². The first kappa shape index (κ1) is 12.9. The highest BCUT2D eigenvalue weighted by atomic mass is 32.2. The second-order valence-corrected chi connectivity index (χ2v) is 7.57. The third-order valence-electron chi connectivity index (χ3n) is 3.90. The van der Waals surface area contributed by atoms with Gasteiger partial charge in [-0.15, -0.1) is 0 Å². The summed E-state index contributed by atoms with van der Waals surface area (Å²) in [7, 11) is -3.45. The molecular weight excluding hydrogens is 260 g/mol. The lowest BCUT2D eigenvalue weighted by Crippen LogP contribution is -2.35. The molecule has 2 fully saturated rings. The second kappa shape index (κ2) is 4.49. The minimum Gasteiger partial charge on any atom is -0.398 e. The van der Waals surface area contributed by atoms with Crippen LogP contribution in [0.25, 0.3) is 0 Å². The Morgan fingerprint density at radius 2 is 1.95 bits per heavy atom. The van der Waals surface area contributed by atoms with E-state index in [1.165, 1.54) is 0 Å². The van der Waals surface area contributed by atoms with E-state index in [2.05, 4.69) is 0 Å². The van der Waals surface area contributed by atoms with Crippen molar-refractivity contribution in [3.8, 4) is 0 Å². The van der Waals surface area contributed by atoms with Gasteiger partial charge in [-0.25, -0.2) is 8.42 Å². The molecule has 2 N–H and O–H groups in total. The third kappa shape index (κ3) is 2.49. The predicted octanol–water partition coefficient (Wildman–Crippen LogP) is 2.14. The van der Waals surface area contributed by atoms with Gasteiger partial charge in [0.25, 0.3) is 0 Å². The maximum absolute atomic E-state index is 12.9. The fourth-order valence-corrected chi connectivity index (χ4v) is 4.59. The van der Waals surface area contributed by atoms with Crippen molar-refractivity contribution >= 4 is 15.7 Å². The zero-order chi connectivity index (χ0) is 13.6. The molecule has 1 aromatic rings. The normalized spacial score (nSPS) is 19.9. The van der Waals surface area contributed by atoms with Gasteiger partial charge >= 0.3 is 0 Å². The van der Waals surface area contributed by atoms with Crippen molar-refractivity contribution in [2.24, 2.45) is 5.92 Å². The first-order valence-electron chi connectivity index (χ1n) is 6.87. The molecular formula is C14H20N2O2S. The Kier molecular flexibility index (Phi) is 3.06. The summed E-state index contributed by atoms with van der Waals surface area (Å²) in [6.07, 6.45) is 4.28. The fourth-order valence-electron chi connectivity index (χ4n) is 2.51. The summed E-state index contributed by atoms with van der Waals surface area (Å²) in [5.41, 5.74) is 7.01. The van der Waals surface area contributed by atoms with Crippen molar-refractivity contribution in [1.82, 2.24) is 4.31 Å². The first-order chi connectivity index (χ1) is 9.00. The monoisotopic (exact) mass is 280 g/mol. The van der Waals surface area contributed by atoms with E-state index in [1.54, 1.807) is 16.4 Å². The molecule has 5 heteroatoms. The van der Waals surface area contributed by atoms with Gasteiger partial charge in [-0.3, -0.25) is 0 Å². The van der Waals surface area contributed by atoms with Gasteiger partial charge in [0.05, 0.1) is 5.69 Å². The molecule has 0 spiro atoms. The largest absolute Gasteiger partial charge is 0.398 e. The highest BCUT2D eigenvalue weighted by Gasteiger charge is 2.42. The minimum atomic E-state index is -3.45. The van der Waals surface area contributed by atoms with E-state index in [0.29, 0.717) is 23.0 Å². The van der Waals surface area contributed by atoms with Gasteiger partial charge in [0.1, 0.15) is 4.90 Å². The lowest BCUT2D eigenvalue weighted by molar-refractivity contribution is 0.389. The number of hydrogen-bond donors (Lipinski definition) is 1. The third-order valence-corrected chi connectivity index (χ3v) is 6.04. The van der Waals surface area contributed by atoms with Crippen LogP contribution in [0.5, 0.6) is 0 Å². The summed E-state index contributed by atoms with van der Waals surface area (Å²) >= 11 is 0. The van der Waals surface area contributed by atoms with Gasteiger partial charge in [0.15, 0.2) is 0 Å².